The molecular formula is C52H32N4. The molecule has 0 N–H and O–H groups in total. The van der Waals surface area contributed by atoms with Crippen LogP contribution in [-0.4, -0.2) is 19.1 Å². The molecule has 0 unspecified atom stereocenters. The van der Waals surface area contributed by atoms with E-state index in [4.69, 9.17) is 9.97 Å². The van der Waals surface area contributed by atoms with Crippen LogP contribution in [0.25, 0.3) is 110 Å². The van der Waals surface area contributed by atoms with Crippen LogP contribution in [0.1, 0.15) is 0 Å². The van der Waals surface area contributed by atoms with Gasteiger partial charge in [0, 0.05) is 49.1 Å². The molecule has 12 aromatic rings. The Morgan fingerprint density at radius 3 is 1.84 bits per heavy atom. The fraction of sp³-hybridized carbons (Fsp3) is 0. The van der Waals surface area contributed by atoms with Gasteiger partial charge in [-0.1, -0.05) is 152 Å². The Bertz CT molecular complexity index is 3520. The predicted octanol–water partition coefficient (Wildman–Crippen LogP) is 13.5. The van der Waals surface area contributed by atoms with Crippen LogP contribution in [0.4, 0.5) is 0 Å². The van der Waals surface area contributed by atoms with Gasteiger partial charge in [0.25, 0.3) is 0 Å². The van der Waals surface area contributed by atoms with Crippen LogP contribution in [0, 0.1) is 0 Å². The first-order valence-corrected chi connectivity index (χ1v) is 19.1. The zero-order chi connectivity index (χ0) is 36.7. The molecule has 0 spiro atoms. The zero-order valence-corrected chi connectivity index (χ0v) is 30.3. The third-order valence-electron chi connectivity index (χ3n) is 11.5. The molecule has 0 bridgehead atoms. The third kappa shape index (κ3) is 4.47. The van der Waals surface area contributed by atoms with Gasteiger partial charge in [-0.2, -0.15) is 0 Å². The number of benzene rings is 9. The van der Waals surface area contributed by atoms with Crippen LogP contribution >= 0.6 is 0 Å². The molecule has 3 heterocycles. The van der Waals surface area contributed by atoms with Crippen molar-refractivity contribution in [2.75, 3.05) is 0 Å². The molecule has 0 aliphatic rings. The molecule has 0 amide bonds. The summed E-state index contributed by atoms with van der Waals surface area (Å²) >= 11 is 0. The molecule has 0 saturated heterocycles. The maximum absolute atomic E-state index is 5.51. The molecule has 0 radical (unpaired) electrons. The topological polar surface area (TPSA) is 35.6 Å². The molecule has 3 aromatic heterocycles. The molecule has 12 rings (SSSR count). The number of hydrogen-bond donors (Lipinski definition) is 0. The molecule has 260 valence electrons. The molecule has 4 heteroatoms. The normalized spacial score (nSPS) is 11.9. The van der Waals surface area contributed by atoms with Crippen molar-refractivity contribution in [3.05, 3.63) is 194 Å². The van der Waals surface area contributed by atoms with Gasteiger partial charge < -0.3 is 4.57 Å². The summed E-state index contributed by atoms with van der Waals surface area (Å²) in [4.78, 5) is 10.9. The van der Waals surface area contributed by atoms with E-state index >= 15 is 0 Å². The Morgan fingerprint density at radius 1 is 0.339 bits per heavy atom. The van der Waals surface area contributed by atoms with Crippen molar-refractivity contribution in [3.8, 4) is 34.0 Å². The molecular weight excluding hydrogens is 681 g/mol. The largest absolute Gasteiger partial charge is 0.309 e. The Kier molecular flexibility index (Phi) is 6.60. The van der Waals surface area contributed by atoms with Crippen molar-refractivity contribution in [1.29, 1.82) is 0 Å². The second-order valence-electron chi connectivity index (χ2n) is 14.6. The van der Waals surface area contributed by atoms with Crippen LogP contribution in [0.15, 0.2) is 194 Å². The summed E-state index contributed by atoms with van der Waals surface area (Å²) in [6.45, 7) is 0. The van der Waals surface area contributed by atoms with Gasteiger partial charge in [0.1, 0.15) is 0 Å². The highest BCUT2D eigenvalue weighted by atomic mass is 15.2. The molecule has 0 aliphatic carbocycles. The maximum atomic E-state index is 5.51. The summed E-state index contributed by atoms with van der Waals surface area (Å²) in [5.74, 6) is 0.650. The average molecular weight is 713 g/mol. The van der Waals surface area contributed by atoms with E-state index in [9.17, 15) is 0 Å². The summed E-state index contributed by atoms with van der Waals surface area (Å²) in [5, 5.41) is 10.5. The van der Waals surface area contributed by atoms with Gasteiger partial charge in [0.05, 0.1) is 33.3 Å². The highest BCUT2D eigenvalue weighted by Gasteiger charge is 2.24. The van der Waals surface area contributed by atoms with Gasteiger partial charge in [-0.05, 0) is 64.2 Å². The van der Waals surface area contributed by atoms with E-state index in [2.05, 4.69) is 203 Å². The maximum Gasteiger partial charge on any atom is 0.235 e. The Morgan fingerprint density at radius 2 is 1.00 bits per heavy atom. The second kappa shape index (κ2) is 12.0. The van der Waals surface area contributed by atoms with E-state index in [0.717, 1.165) is 55.4 Å². The Balaban J connectivity index is 1.27. The molecule has 9 aromatic carbocycles. The average Bonchev–Trinajstić information content (AvgIpc) is 3.78. The lowest BCUT2D eigenvalue weighted by Gasteiger charge is -2.16. The van der Waals surface area contributed by atoms with Crippen molar-refractivity contribution in [2.24, 2.45) is 0 Å². The molecule has 0 aliphatic heterocycles. The summed E-state index contributed by atoms with van der Waals surface area (Å²) in [6, 6.07) is 69.6. The fourth-order valence-corrected chi connectivity index (χ4v) is 9.06. The highest BCUT2D eigenvalue weighted by Crippen LogP contribution is 2.46. The Hall–Kier alpha value is -7.56. The summed E-state index contributed by atoms with van der Waals surface area (Å²) in [5.41, 5.74) is 10.9. The lowest BCUT2D eigenvalue weighted by Crippen LogP contribution is -2.04. The second-order valence-corrected chi connectivity index (χ2v) is 14.6. The molecule has 0 saturated carbocycles. The van der Waals surface area contributed by atoms with E-state index in [-0.39, 0.29) is 0 Å². The smallest absolute Gasteiger partial charge is 0.235 e. The molecule has 0 fully saturated rings. The summed E-state index contributed by atoms with van der Waals surface area (Å²) in [7, 11) is 0. The van der Waals surface area contributed by atoms with Crippen molar-refractivity contribution < 1.29 is 0 Å². The standard InChI is InChI=1S/C52H32N4/c1-3-16-34(17-4-1)49-42-24-11-13-25-45(42)53-52(54-49)56-50-39-22-10-7-15-33(39)27-29-41(50)44-31-35-18-8-9-21-38(35)48(51(44)56)36-28-30-47-43(32-36)40-23-12-14-26-46(40)55(47)37-19-5-2-6-20-37/h1-32H. The van der Waals surface area contributed by atoms with Crippen LogP contribution in [0.2, 0.25) is 0 Å². The first-order chi connectivity index (χ1) is 27.8. The van der Waals surface area contributed by atoms with Gasteiger partial charge in [0.15, 0.2) is 0 Å². The minimum absolute atomic E-state index is 0.650. The van der Waals surface area contributed by atoms with Crippen LogP contribution in [0.3, 0.4) is 0 Å². The van der Waals surface area contributed by atoms with Crippen molar-refractivity contribution in [2.45, 2.75) is 0 Å². The lowest BCUT2D eigenvalue weighted by atomic mass is 9.93. The third-order valence-corrected chi connectivity index (χ3v) is 11.5. The zero-order valence-electron chi connectivity index (χ0n) is 30.3. The number of para-hydroxylation sites is 3. The van der Waals surface area contributed by atoms with Crippen molar-refractivity contribution in [3.63, 3.8) is 0 Å². The highest BCUT2D eigenvalue weighted by molar-refractivity contribution is 6.26. The molecule has 56 heavy (non-hydrogen) atoms. The lowest BCUT2D eigenvalue weighted by molar-refractivity contribution is 1.02. The number of rotatable bonds is 4. The van der Waals surface area contributed by atoms with Gasteiger partial charge in [-0.15, -0.1) is 0 Å². The Labute approximate surface area is 322 Å². The quantitative estimate of drug-likeness (QED) is 0.182. The minimum Gasteiger partial charge on any atom is -0.309 e. The van der Waals surface area contributed by atoms with E-state index in [1.54, 1.807) is 0 Å². The minimum atomic E-state index is 0.650. The van der Waals surface area contributed by atoms with Crippen LogP contribution < -0.4 is 0 Å². The first kappa shape index (κ1) is 30.9. The van der Waals surface area contributed by atoms with Crippen LogP contribution in [0.5, 0.6) is 0 Å². The summed E-state index contributed by atoms with van der Waals surface area (Å²) in [6.07, 6.45) is 0. The van der Waals surface area contributed by atoms with E-state index < -0.39 is 0 Å². The SMILES string of the molecule is c1ccc(-c2nc(-n3c4c(-c5ccc6c(c5)c5ccccc5n6-c5ccccc5)c5ccccc5cc4c4ccc5ccccc5c43)nc3ccccc23)cc1. The number of fused-ring (bicyclic) bond motifs is 10. The van der Waals surface area contributed by atoms with Gasteiger partial charge in [-0.3, -0.25) is 4.57 Å². The van der Waals surface area contributed by atoms with Crippen molar-refractivity contribution >= 4 is 76.1 Å². The van der Waals surface area contributed by atoms with E-state index in [1.807, 2.05) is 0 Å². The summed E-state index contributed by atoms with van der Waals surface area (Å²) < 4.78 is 4.73. The number of nitrogens with zero attached hydrogens (tertiary/aromatic N) is 4. The molecule has 4 nitrogen and oxygen atoms in total. The van der Waals surface area contributed by atoms with Crippen LogP contribution in [-0.2, 0) is 0 Å². The van der Waals surface area contributed by atoms with Gasteiger partial charge >= 0.3 is 0 Å². The fourth-order valence-electron chi connectivity index (χ4n) is 9.06. The monoisotopic (exact) mass is 712 g/mol. The first-order valence-electron chi connectivity index (χ1n) is 19.1. The van der Waals surface area contributed by atoms with Crippen molar-refractivity contribution in [1.82, 2.24) is 19.1 Å². The van der Waals surface area contributed by atoms with E-state index in [1.165, 1.54) is 48.7 Å². The predicted molar refractivity (Wildman–Crippen MR) is 234 cm³/mol. The molecule has 0 atom stereocenters. The number of hydrogen-bond acceptors (Lipinski definition) is 2. The van der Waals surface area contributed by atoms with Gasteiger partial charge in [0.2, 0.25) is 5.95 Å². The van der Waals surface area contributed by atoms with Gasteiger partial charge in [-0.25, -0.2) is 9.97 Å². The number of aromatic nitrogens is 4. The van der Waals surface area contributed by atoms with E-state index in [0.29, 0.717) is 5.95 Å².